The summed E-state index contributed by atoms with van der Waals surface area (Å²) in [7, 11) is 0. The third-order valence-corrected chi connectivity index (χ3v) is 3.10. The zero-order valence-corrected chi connectivity index (χ0v) is 11.2. The highest BCUT2D eigenvalue weighted by atomic mass is 16.1. The van der Waals surface area contributed by atoms with Crippen LogP contribution in [0.25, 0.3) is 16.5 Å². The van der Waals surface area contributed by atoms with Crippen molar-refractivity contribution in [1.82, 2.24) is 25.3 Å². The number of carbonyl (C=O) groups is 1. The van der Waals surface area contributed by atoms with Crippen LogP contribution >= 0.6 is 0 Å². The van der Waals surface area contributed by atoms with Crippen molar-refractivity contribution in [1.29, 1.82) is 0 Å². The van der Waals surface area contributed by atoms with Crippen LogP contribution in [0.15, 0.2) is 42.9 Å². The molecule has 7 heteroatoms. The highest BCUT2D eigenvalue weighted by Gasteiger charge is 2.07. The summed E-state index contributed by atoms with van der Waals surface area (Å²) in [4.78, 5) is 15.3. The van der Waals surface area contributed by atoms with Crippen LogP contribution in [-0.4, -0.2) is 32.4 Å². The van der Waals surface area contributed by atoms with E-state index in [0.29, 0.717) is 12.2 Å². The minimum Gasteiger partial charge on any atom is -0.349 e. The smallest absolute Gasteiger partial charge is 0.234 e. The van der Waals surface area contributed by atoms with E-state index in [9.17, 15) is 4.79 Å². The molecule has 1 aromatic carbocycles. The predicted molar refractivity (Wildman–Crippen MR) is 77.6 cm³/mol. The highest BCUT2D eigenvalue weighted by Crippen LogP contribution is 2.20. The Kier molecular flexibility index (Phi) is 3.57. The molecule has 2 aromatic heterocycles. The molecule has 2 heterocycles. The normalized spacial score (nSPS) is 10.7. The van der Waals surface area contributed by atoms with E-state index in [1.165, 1.54) is 0 Å². The molecule has 0 saturated carbocycles. The molecule has 0 saturated heterocycles. The molecular formula is C14H14N6O. The zero-order chi connectivity index (χ0) is 14.7. The number of hydrogen-bond acceptors (Lipinski definition) is 5. The van der Waals surface area contributed by atoms with Crippen molar-refractivity contribution >= 4 is 16.7 Å². The second-order valence-electron chi connectivity index (χ2n) is 4.51. The van der Waals surface area contributed by atoms with Crippen LogP contribution in [0.4, 0.5) is 0 Å². The SMILES string of the molecule is NCC(=O)NCc1cn(-c2cccc3ccncc23)nn1. The number of rotatable bonds is 4. The lowest BCUT2D eigenvalue weighted by atomic mass is 10.1. The average molecular weight is 282 g/mol. The molecule has 0 aliphatic carbocycles. The van der Waals surface area contributed by atoms with Crippen molar-refractivity contribution in [3.63, 3.8) is 0 Å². The van der Waals surface area contributed by atoms with Crippen LogP contribution in [0.3, 0.4) is 0 Å². The van der Waals surface area contributed by atoms with E-state index in [1.54, 1.807) is 23.3 Å². The van der Waals surface area contributed by atoms with Gasteiger partial charge >= 0.3 is 0 Å². The Balaban J connectivity index is 1.90. The Morgan fingerprint density at radius 1 is 1.33 bits per heavy atom. The maximum Gasteiger partial charge on any atom is 0.234 e. The number of benzene rings is 1. The molecule has 3 rings (SSSR count). The van der Waals surface area contributed by atoms with Crippen LogP contribution in [0, 0.1) is 0 Å². The lowest BCUT2D eigenvalue weighted by Gasteiger charge is -2.04. The number of carbonyl (C=O) groups excluding carboxylic acids is 1. The molecule has 3 N–H and O–H groups in total. The Morgan fingerprint density at radius 3 is 3.10 bits per heavy atom. The standard InChI is InChI=1S/C14H14N6O/c15-6-14(21)17-7-11-9-20(19-18-11)13-3-1-2-10-4-5-16-8-12(10)13/h1-5,8-9H,6-7,15H2,(H,17,21). The van der Waals surface area contributed by atoms with Crippen molar-refractivity contribution in [2.45, 2.75) is 6.54 Å². The largest absolute Gasteiger partial charge is 0.349 e. The molecule has 0 bridgehead atoms. The van der Waals surface area contributed by atoms with Gasteiger partial charge < -0.3 is 11.1 Å². The Bertz CT molecular complexity index is 776. The number of aromatic nitrogens is 4. The van der Waals surface area contributed by atoms with Crippen LogP contribution < -0.4 is 11.1 Å². The van der Waals surface area contributed by atoms with Gasteiger partial charge in [-0.1, -0.05) is 17.3 Å². The van der Waals surface area contributed by atoms with Gasteiger partial charge in [-0.25, -0.2) is 4.68 Å². The first kappa shape index (κ1) is 13.2. The molecule has 106 valence electrons. The molecule has 1 amide bonds. The summed E-state index contributed by atoms with van der Waals surface area (Å²) in [5.41, 5.74) is 6.79. The van der Waals surface area contributed by atoms with Gasteiger partial charge in [-0.2, -0.15) is 0 Å². The number of nitrogens with two attached hydrogens (primary N) is 1. The Morgan fingerprint density at radius 2 is 2.24 bits per heavy atom. The molecular weight excluding hydrogens is 268 g/mol. The molecule has 0 fully saturated rings. The van der Waals surface area contributed by atoms with Crippen LogP contribution in [-0.2, 0) is 11.3 Å². The summed E-state index contributed by atoms with van der Waals surface area (Å²) in [5, 5.41) is 12.9. The van der Waals surface area contributed by atoms with Crippen molar-refractivity contribution in [2.24, 2.45) is 5.73 Å². The summed E-state index contributed by atoms with van der Waals surface area (Å²) >= 11 is 0. The molecule has 0 aliphatic rings. The number of nitrogens with one attached hydrogen (secondary N) is 1. The van der Waals surface area contributed by atoms with Crippen molar-refractivity contribution in [3.05, 3.63) is 48.5 Å². The summed E-state index contributed by atoms with van der Waals surface area (Å²) in [6.45, 7) is 0.266. The third kappa shape index (κ3) is 2.72. The molecule has 0 aliphatic heterocycles. The van der Waals surface area contributed by atoms with Crippen LogP contribution in [0.2, 0.25) is 0 Å². The Labute approximate surface area is 120 Å². The predicted octanol–water partition coefficient (Wildman–Crippen LogP) is 0.390. The summed E-state index contributed by atoms with van der Waals surface area (Å²) in [6.07, 6.45) is 5.32. The molecule has 0 unspecified atom stereocenters. The third-order valence-electron chi connectivity index (χ3n) is 3.10. The van der Waals surface area contributed by atoms with Gasteiger partial charge in [0.05, 0.1) is 25.0 Å². The maximum atomic E-state index is 11.1. The fraction of sp³-hybridized carbons (Fsp3) is 0.143. The van der Waals surface area contributed by atoms with Gasteiger partial charge in [-0.3, -0.25) is 9.78 Å². The van der Waals surface area contributed by atoms with Crippen molar-refractivity contribution < 1.29 is 4.79 Å². The highest BCUT2D eigenvalue weighted by molar-refractivity contribution is 5.89. The zero-order valence-electron chi connectivity index (χ0n) is 11.2. The van der Waals surface area contributed by atoms with Gasteiger partial charge in [0.1, 0.15) is 5.69 Å². The quantitative estimate of drug-likeness (QED) is 0.721. The second kappa shape index (κ2) is 5.68. The van der Waals surface area contributed by atoms with Gasteiger partial charge in [0.15, 0.2) is 0 Å². The minimum absolute atomic E-state index is 0.0386. The second-order valence-corrected chi connectivity index (χ2v) is 4.51. The van der Waals surface area contributed by atoms with E-state index in [1.807, 2.05) is 24.3 Å². The van der Waals surface area contributed by atoms with Gasteiger partial charge in [0, 0.05) is 17.8 Å². The topological polar surface area (TPSA) is 98.7 Å². The van der Waals surface area contributed by atoms with E-state index < -0.39 is 0 Å². The average Bonchev–Trinajstić information content (AvgIpc) is 3.00. The number of fused-ring (bicyclic) bond motifs is 1. The number of hydrogen-bond donors (Lipinski definition) is 2. The van der Waals surface area contributed by atoms with Crippen LogP contribution in [0.5, 0.6) is 0 Å². The maximum absolute atomic E-state index is 11.1. The van der Waals surface area contributed by atoms with Crippen molar-refractivity contribution in [3.8, 4) is 5.69 Å². The molecule has 0 atom stereocenters. The molecule has 7 nitrogen and oxygen atoms in total. The fourth-order valence-electron chi connectivity index (χ4n) is 2.06. The van der Waals surface area contributed by atoms with E-state index >= 15 is 0 Å². The minimum atomic E-state index is -0.223. The Hall–Kier alpha value is -2.80. The number of amides is 1. The summed E-state index contributed by atoms with van der Waals surface area (Å²) in [5.74, 6) is -0.223. The molecule has 0 spiro atoms. The van der Waals surface area contributed by atoms with Crippen molar-refractivity contribution in [2.75, 3.05) is 6.54 Å². The summed E-state index contributed by atoms with van der Waals surface area (Å²) < 4.78 is 1.67. The first-order valence-corrected chi connectivity index (χ1v) is 6.49. The first-order chi connectivity index (χ1) is 10.3. The molecule has 0 radical (unpaired) electrons. The molecule has 21 heavy (non-hydrogen) atoms. The van der Waals surface area contributed by atoms with Gasteiger partial charge in [0.2, 0.25) is 5.91 Å². The van der Waals surface area contributed by atoms with E-state index in [2.05, 4.69) is 20.6 Å². The summed E-state index contributed by atoms with van der Waals surface area (Å²) in [6, 6.07) is 7.86. The van der Waals surface area contributed by atoms with E-state index in [-0.39, 0.29) is 12.5 Å². The molecule has 3 aromatic rings. The van der Waals surface area contributed by atoms with Gasteiger partial charge in [-0.15, -0.1) is 5.10 Å². The monoisotopic (exact) mass is 282 g/mol. The van der Waals surface area contributed by atoms with Gasteiger partial charge in [0.25, 0.3) is 0 Å². The van der Waals surface area contributed by atoms with E-state index in [4.69, 9.17) is 5.73 Å². The number of nitrogens with zero attached hydrogens (tertiary/aromatic N) is 4. The number of pyridine rings is 1. The first-order valence-electron chi connectivity index (χ1n) is 6.49. The fourth-order valence-corrected chi connectivity index (χ4v) is 2.06. The van der Waals surface area contributed by atoms with Gasteiger partial charge in [-0.05, 0) is 17.5 Å². The van der Waals surface area contributed by atoms with E-state index in [0.717, 1.165) is 16.5 Å². The lowest BCUT2D eigenvalue weighted by Crippen LogP contribution is -2.29. The van der Waals surface area contributed by atoms with Crippen LogP contribution in [0.1, 0.15) is 5.69 Å². The lowest BCUT2D eigenvalue weighted by molar-refractivity contribution is -0.119.